The van der Waals surface area contributed by atoms with Crippen LogP contribution >= 0.6 is 0 Å². The van der Waals surface area contributed by atoms with Gasteiger partial charge in [0.05, 0.1) is 31.0 Å². The Balaban J connectivity index is 0.863. The number of carbonyl (C=O) groups excluding carboxylic acids is 5. The van der Waals surface area contributed by atoms with Gasteiger partial charge in [0.25, 0.3) is 0 Å². The number of ether oxygens (including phenoxy) is 4. The predicted octanol–water partition coefficient (Wildman–Crippen LogP) is 6.06. The molecule has 10 atom stereocenters. The van der Waals surface area contributed by atoms with Crippen molar-refractivity contribution in [1.29, 1.82) is 0 Å². The molecule has 8 rings (SSSR count). The lowest BCUT2D eigenvalue weighted by molar-refractivity contribution is -0.249. The minimum Gasteiger partial charge on any atom is -0.461 e. The van der Waals surface area contributed by atoms with Gasteiger partial charge < -0.3 is 35.1 Å². The Kier molecular flexibility index (Phi) is 11.6. The summed E-state index contributed by atoms with van der Waals surface area (Å²) in [6, 6.07) is 14.5. The third kappa shape index (κ3) is 7.49. The first-order chi connectivity index (χ1) is 29.8. The molecule has 2 heterocycles. The predicted molar refractivity (Wildman–Crippen MR) is 225 cm³/mol. The van der Waals surface area contributed by atoms with E-state index < -0.39 is 94.1 Å². The Morgan fingerprint density at radius 3 is 2.44 bits per heavy atom. The number of nitrogens with one attached hydrogen (secondary N) is 1. The molecule has 334 valence electrons. The van der Waals surface area contributed by atoms with Crippen LogP contribution in [0.25, 0.3) is 10.8 Å². The van der Waals surface area contributed by atoms with E-state index in [-0.39, 0.29) is 56.7 Å². The number of halogens is 2. The van der Waals surface area contributed by atoms with E-state index in [0.29, 0.717) is 17.7 Å². The van der Waals surface area contributed by atoms with Crippen LogP contribution in [-0.4, -0.2) is 88.1 Å². The standard InChI is InChI=1S/C48H53F2N3O10/c1-44(2)62-40-22-34-35-21-37(49)36-20-32(54)13-16-45(36,3)47(35,50)38(55)23-46(34,4)48(40,63-44)39(56)26-61-42(58)12-11-41(57)60-25-27-5-7-28(8-6-27)33(14-17-51)43(59)53-31-10-9-30-24-52-18-15-29(30)19-31/h5-10,13,15-16,18-20,24,33-35,37-38,40,55H,11-12,14,17,21-23,25-26,51H2,1-4H3,(H,53,59)/t33?,34-,35-,37-,38-,40+,45-,46-,47-,48+/m0/s1. The molecular weight excluding hydrogens is 817 g/mol. The average Bonchev–Trinajstić information content (AvgIpc) is 3.67. The van der Waals surface area contributed by atoms with Gasteiger partial charge in [-0.05, 0) is 111 Å². The maximum Gasteiger partial charge on any atom is 0.306 e. The number of pyridine rings is 1. The number of fused-ring (bicyclic) bond motifs is 8. The Labute approximate surface area is 363 Å². The van der Waals surface area contributed by atoms with Crippen LogP contribution in [0, 0.1) is 22.7 Å². The van der Waals surface area contributed by atoms with Crippen molar-refractivity contribution in [2.24, 2.45) is 28.4 Å². The number of alkyl halides is 2. The lowest BCUT2D eigenvalue weighted by atomic mass is 9.44. The number of aromatic nitrogens is 1. The molecule has 2 aromatic carbocycles. The highest BCUT2D eigenvalue weighted by Crippen LogP contribution is 2.72. The van der Waals surface area contributed by atoms with E-state index in [9.17, 15) is 29.1 Å². The monoisotopic (exact) mass is 869 g/mol. The summed E-state index contributed by atoms with van der Waals surface area (Å²) in [4.78, 5) is 69.7. The fraction of sp³-hybridized carbons (Fsp3) is 0.500. The van der Waals surface area contributed by atoms with E-state index in [1.165, 1.54) is 19.1 Å². The number of nitrogens with two attached hydrogens (primary N) is 1. The number of rotatable bonds is 13. The molecule has 1 aliphatic heterocycles. The molecule has 1 unspecified atom stereocenters. The Hall–Kier alpha value is -5.22. The molecule has 3 aromatic rings. The molecule has 13 nitrogen and oxygen atoms in total. The summed E-state index contributed by atoms with van der Waals surface area (Å²) in [6.45, 7) is 5.93. The van der Waals surface area contributed by atoms with Crippen LogP contribution in [0.2, 0.25) is 0 Å². The van der Waals surface area contributed by atoms with Crippen LogP contribution in [-0.2, 0) is 49.5 Å². The normalized spacial score (nSPS) is 33.0. The molecule has 1 aromatic heterocycles. The van der Waals surface area contributed by atoms with E-state index >= 15 is 8.78 Å². The number of carbonyl (C=O) groups is 5. The van der Waals surface area contributed by atoms with Gasteiger partial charge in [0.2, 0.25) is 11.7 Å². The first kappa shape index (κ1) is 44.4. The van der Waals surface area contributed by atoms with Crippen molar-refractivity contribution < 1.29 is 56.8 Å². The van der Waals surface area contributed by atoms with E-state index in [1.807, 2.05) is 24.3 Å². The number of amides is 1. The SMILES string of the molecule is CC1(C)O[C@@H]2C[C@H]3[C@@H]4C[C@H](F)C5=CC(=O)C=C[C@]5(C)[C@@]4(F)[C@@H](O)C[C@]3(C)[C@]2(C(=O)COC(=O)CCC(=O)OCc2ccc(C(CCN)C(=O)Nc3ccc4cnccc4c3)cc2)O1. The number of hydrogen-bond donors (Lipinski definition) is 3. The number of allylic oxidation sites excluding steroid dienone is 4. The molecule has 15 heteroatoms. The molecule has 4 fully saturated rings. The Morgan fingerprint density at radius 2 is 1.71 bits per heavy atom. The second-order valence-electron chi connectivity index (χ2n) is 18.5. The lowest BCUT2D eigenvalue weighted by Crippen LogP contribution is -2.71. The van der Waals surface area contributed by atoms with Crippen molar-refractivity contribution in [1.82, 2.24) is 4.98 Å². The summed E-state index contributed by atoms with van der Waals surface area (Å²) < 4.78 is 57.2. The maximum atomic E-state index is 17.7. The van der Waals surface area contributed by atoms with E-state index in [4.69, 9.17) is 24.7 Å². The minimum atomic E-state index is -2.37. The number of anilines is 1. The summed E-state index contributed by atoms with van der Waals surface area (Å²) in [7, 11) is 0. The second-order valence-corrected chi connectivity index (χ2v) is 18.5. The number of hydrogen-bond acceptors (Lipinski definition) is 12. The highest BCUT2D eigenvalue weighted by molar-refractivity contribution is 6.01. The summed E-state index contributed by atoms with van der Waals surface area (Å²) in [5.41, 5.74) is 0.877. The number of esters is 2. The molecule has 0 spiro atoms. The third-order valence-corrected chi connectivity index (χ3v) is 14.4. The van der Waals surface area contributed by atoms with Gasteiger partial charge in [0, 0.05) is 40.2 Å². The van der Waals surface area contributed by atoms with Crippen LogP contribution in [0.5, 0.6) is 0 Å². The average molecular weight is 870 g/mol. The number of benzene rings is 2. The molecule has 0 radical (unpaired) electrons. The summed E-state index contributed by atoms with van der Waals surface area (Å²) in [5.74, 6) is -6.39. The first-order valence-electron chi connectivity index (χ1n) is 21.5. The van der Waals surface area contributed by atoms with Gasteiger partial charge >= 0.3 is 11.9 Å². The van der Waals surface area contributed by atoms with Crippen molar-refractivity contribution in [2.75, 3.05) is 18.5 Å². The lowest BCUT2D eigenvalue weighted by Gasteiger charge is -2.63. The number of Topliss-reactive ketones (excluding diaryl/α,β-unsaturated/α-hetero) is 1. The van der Waals surface area contributed by atoms with Crippen LogP contribution in [0.4, 0.5) is 14.5 Å². The zero-order valence-corrected chi connectivity index (χ0v) is 35.7. The van der Waals surface area contributed by atoms with Crippen molar-refractivity contribution >= 4 is 45.9 Å². The zero-order chi connectivity index (χ0) is 45.1. The Morgan fingerprint density at radius 1 is 0.984 bits per heavy atom. The van der Waals surface area contributed by atoms with Crippen LogP contribution in [0.15, 0.2) is 84.7 Å². The number of aliphatic hydroxyl groups excluding tert-OH is 1. The van der Waals surface area contributed by atoms with Gasteiger partial charge in [-0.15, -0.1) is 0 Å². The topological polar surface area (TPSA) is 193 Å². The molecule has 1 amide bonds. The van der Waals surface area contributed by atoms with Crippen molar-refractivity contribution in [3.05, 3.63) is 95.9 Å². The maximum absolute atomic E-state index is 17.7. The highest BCUT2D eigenvalue weighted by atomic mass is 19.1. The third-order valence-electron chi connectivity index (χ3n) is 14.4. The molecule has 1 saturated heterocycles. The van der Waals surface area contributed by atoms with E-state index in [0.717, 1.165) is 22.4 Å². The van der Waals surface area contributed by atoms with E-state index in [1.54, 1.807) is 57.4 Å². The van der Waals surface area contributed by atoms with Gasteiger partial charge in [0.1, 0.15) is 12.8 Å². The first-order valence-corrected chi connectivity index (χ1v) is 21.5. The van der Waals surface area contributed by atoms with Crippen LogP contribution in [0.3, 0.4) is 0 Å². The summed E-state index contributed by atoms with van der Waals surface area (Å²) in [5, 5.41) is 16.6. The van der Waals surface area contributed by atoms with Crippen molar-refractivity contribution in [3.63, 3.8) is 0 Å². The minimum absolute atomic E-state index is 0.00877. The largest absolute Gasteiger partial charge is 0.461 e. The quantitative estimate of drug-likeness (QED) is 0.169. The molecule has 0 bridgehead atoms. The highest BCUT2D eigenvalue weighted by Gasteiger charge is 2.80. The molecule has 5 aliphatic rings. The van der Waals surface area contributed by atoms with Crippen LogP contribution < -0.4 is 11.1 Å². The van der Waals surface area contributed by atoms with Gasteiger partial charge in [-0.1, -0.05) is 43.3 Å². The second kappa shape index (κ2) is 16.4. The number of aliphatic hydroxyl groups is 1. The van der Waals surface area contributed by atoms with Gasteiger partial charge in [-0.3, -0.25) is 29.0 Å². The Bertz CT molecular complexity index is 2410. The fourth-order valence-corrected chi connectivity index (χ4v) is 11.4. The summed E-state index contributed by atoms with van der Waals surface area (Å²) >= 11 is 0. The molecule has 4 N–H and O–H groups in total. The zero-order valence-electron chi connectivity index (χ0n) is 35.7. The smallest absolute Gasteiger partial charge is 0.306 e. The molecule has 3 saturated carbocycles. The molecular formula is C48H53F2N3O10. The molecule has 63 heavy (non-hydrogen) atoms. The van der Waals surface area contributed by atoms with Gasteiger partial charge in [0.15, 0.2) is 29.4 Å². The molecule has 4 aliphatic carbocycles. The van der Waals surface area contributed by atoms with E-state index in [2.05, 4.69) is 10.3 Å². The van der Waals surface area contributed by atoms with Gasteiger partial charge in [-0.25, -0.2) is 8.78 Å². The van der Waals surface area contributed by atoms with Crippen LogP contribution in [0.1, 0.15) is 83.3 Å². The fourth-order valence-electron chi connectivity index (χ4n) is 11.4. The summed E-state index contributed by atoms with van der Waals surface area (Å²) in [6.07, 6.45) is 2.10. The number of ketones is 2. The van der Waals surface area contributed by atoms with Gasteiger partial charge in [-0.2, -0.15) is 0 Å². The van der Waals surface area contributed by atoms with Crippen molar-refractivity contribution in [2.45, 2.75) is 114 Å². The van der Waals surface area contributed by atoms with Crippen molar-refractivity contribution in [3.8, 4) is 0 Å². The number of nitrogens with zero attached hydrogens (tertiary/aromatic N) is 1.